The van der Waals surface area contributed by atoms with Gasteiger partial charge in [-0.15, -0.1) is 11.3 Å². The Kier molecular flexibility index (Phi) is 4.72. The fourth-order valence-corrected chi connectivity index (χ4v) is 3.95. The molecule has 0 saturated carbocycles. The van der Waals surface area contributed by atoms with E-state index in [-0.39, 0.29) is 12.0 Å². The number of thiophene rings is 1. The highest BCUT2D eigenvalue weighted by Gasteiger charge is 2.17. The second-order valence-electron chi connectivity index (χ2n) is 6.22. The summed E-state index contributed by atoms with van der Waals surface area (Å²) in [5.41, 5.74) is 2.83. The van der Waals surface area contributed by atoms with E-state index < -0.39 is 5.97 Å². The first kappa shape index (κ1) is 17.4. The lowest BCUT2D eigenvalue weighted by molar-refractivity contribution is -0.137. The number of nitrogens with zero attached hydrogens (tertiary/aromatic N) is 2. The Morgan fingerprint density at radius 1 is 1.28 bits per heavy atom. The summed E-state index contributed by atoms with van der Waals surface area (Å²) in [5, 5.41) is 9.55. The van der Waals surface area contributed by atoms with E-state index >= 15 is 0 Å². The van der Waals surface area contributed by atoms with Crippen LogP contribution in [-0.2, 0) is 11.3 Å². The summed E-state index contributed by atoms with van der Waals surface area (Å²) in [7, 11) is 0. The van der Waals surface area contributed by atoms with Crippen LogP contribution < -0.4 is 5.56 Å². The van der Waals surface area contributed by atoms with Gasteiger partial charge in [0.1, 0.15) is 10.7 Å². The molecular weight excluding hydrogens is 336 g/mol. The molecule has 5 nitrogen and oxygen atoms in total. The van der Waals surface area contributed by atoms with Crippen LogP contribution in [0.25, 0.3) is 21.6 Å². The topological polar surface area (TPSA) is 72.2 Å². The van der Waals surface area contributed by atoms with E-state index in [0.717, 1.165) is 26.4 Å². The molecule has 25 heavy (non-hydrogen) atoms. The number of carboxylic acids is 1. The minimum Gasteiger partial charge on any atom is -0.481 e. The molecule has 0 amide bonds. The average molecular weight is 356 g/mol. The third kappa shape index (κ3) is 3.35. The Hall–Kier alpha value is -2.47. The van der Waals surface area contributed by atoms with Gasteiger partial charge >= 0.3 is 5.97 Å². The minimum atomic E-state index is -0.859. The van der Waals surface area contributed by atoms with Crippen LogP contribution in [0.5, 0.6) is 0 Å². The molecule has 2 heterocycles. The molecular formula is C19H20N2O3S. The van der Waals surface area contributed by atoms with Crippen molar-refractivity contribution in [3.05, 3.63) is 50.6 Å². The molecule has 0 fully saturated rings. The van der Waals surface area contributed by atoms with Gasteiger partial charge < -0.3 is 5.11 Å². The molecule has 3 rings (SSSR count). The normalized spacial score (nSPS) is 11.2. The van der Waals surface area contributed by atoms with Crippen LogP contribution in [0.4, 0.5) is 0 Å². The van der Waals surface area contributed by atoms with Gasteiger partial charge in [0.2, 0.25) is 0 Å². The molecule has 0 aliphatic heterocycles. The minimum absolute atomic E-state index is 0.0272. The first-order valence-electron chi connectivity index (χ1n) is 8.18. The van der Waals surface area contributed by atoms with Gasteiger partial charge in [-0.3, -0.25) is 14.2 Å². The second kappa shape index (κ2) is 6.80. The van der Waals surface area contributed by atoms with Crippen molar-refractivity contribution < 1.29 is 9.90 Å². The zero-order valence-corrected chi connectivity index (χ0v) is 15.3. The number of aryl methyl sites for hydroxylation is 3. The summed E-state index contributed by atoms with van der Waals surface area (Å²) < 4.78 is 1.62. The summed E-state index contributed by atoms with van der Waals surface area (Å²) >= 11 is 1.52. The first-order valence-corrected chi connectivity index (χ1v) is 8.99. The van der Waals surface area contributed by atoms with Crippen molar-refractivity contribution in [1.29, 1.82) is 0 Å². The van der Waals surface area contributed by atoms with Crippen LogP contribution in [-0.4, -0.2) is 20.6 Å². The highest BCUT2D eigenvalue weighted by atomic mass is 32.1. The maximum absolute atomic E-state index is 13.1. The summed E-state index contributed by atoms with van der Waals surface area (Å²) in [6, 6.07) is 7.86. The van der Waals surface area contributed by atoms with Crippen LogP contribution in [0.3, 0.4) is 0 Å². The van der Waals surface area contributed by atoms with E-state index in [1.807, 2.05) is 45.0 Å². The van der Waals surface area contributed by atoms with Gasteiger partial charge in [0.05, 0.1) is 5.39 Å². The predicted molar refractivity (Wildman–Crippen MR) is 100 cm³/mol. The number of hydrogen-bond donors (Lipinski definition) is 1. The van der Waals surface area contributed by atoms with E-state index in [1.54, 1.807) is 4.57 Å². The van der Waals surface area contributed by atoms with Gasteiger partial charge in [-0.2, -0.15) is 0 Å². The highest BCUT2D eigenvalue weighted by Crippen LogP contribution is 2.29. The van der Waals surface area contributed by atoms with Crippen LogP contribution in [0.15, 0.2) is 29.1 Å². The predicted octanol–water partition coefficient (Wildman–Crippen LogP) is 3.92. The van der Waals surface area contributed by atoms with Crippen molar-refractivity contribution >= 4 is 27.5 Å². The van der Waals surface area contributed by atoms with Gasteiger partial charge in [0.15, 0.2) is 0 Å². The molecule has 0 saturated heterocycles. The molecule has 0 radical (unpaired) electrons. The molecule has 0 spiro atoms. The monoisotopic (exact) mass is 356 g/mol. The molecule has 6 heteroatoms. The van der Waals surface area contributed by atoms with Crippen LogP contribution >= 0.6 is 11.3 Å². The third-order valence-electron chi connectivity index (χ3n) is 4.34. The molecule has 0 bridgehead atoms. The molecule has 3 aromatic rings. The molecule has 1 aromatic carbocycles. The highest BCUT2D eigenvalue weighted by molar-refractivity contribution is 7.18. The van der Waals surface area contributed by atoms with Gasteiger partial charge in [-0.1, -0.05) is 23.8 Å². The fourth-order valence-electron chi connectivity index (χ4n) is 2.93. The Morgan fingerprint density at radius 2 is 2.04 bits per heavy atom. The van der Waals surface area contributed by atoms with E-state index in [0.29, 0.717) is 24.2 Å². The van der Waals surface area contributed by atoms with Gasteiger partial charge in [-0.05, 0) is 38.8 Å². The summed E-state index contributed by atoms with van der Waals surface area (Å²) in [4.78, 5) is 30.5. The number of carboxylic acid groups (broad SMARTS) is 1. The van der Waals surface area contributed by atoms with E-state index in [1.165, 1.54) is 11.3 Å². The SMILES string of the molecule is Cc1cccc(-c2nc3sc(C)c(C)c3c(=O)n2CCCC(=O)O)c1. The van der Waals surface area contributed by atoms with Crippen molar-refractivity contribution in [3.63, 3.8) is 0 Å². The van der Waals surface area contributed by atoms with Gasteiger partial charge in [-0.25, -0.2) is 4.98 Å². The number of hydrogen-bond acceptors (Lipinski definition) is 4. The summed E-state index contributed by atoms with van der Waals surface area (Å²) in [6.45, 7) is 6.26. The van der Waals surface area contributed by atoms with Gasteiger partial charge in [0, 0.05) is 23.4 Å². The Balaban J connectivity index is 2.22. The smallest absolute Gasteiger partial charge is 0.303 e. The summed E-state index contributed by atoms with van der Waals surface area (Å²) in [5.74, 6) is -0.255. The van der Waals surface area contributed by atoms with E-state index in [9.17, 15) is 9.59 Å². The van der Waals surface area contributed by atoms with Crippen LogP contribution in [0.1, 0.15) is 28.8 Å². The lowest BCUT2D eigenvalue weighted by atomic mass is 10.1. The molecule has 0 aliphatic rings. The largest absolute Gasteiger partial charge is 0.481 e. The number of fused-ring (bicyclic) bond motifs is 1. The first-order chi connectivity index (χ1) is 11.9. The lowest BCUT2D eigenvalue weighted by Crippen LogP contribution is -2.24. The number of aliphatic carboxylic acids is 1. The number of carbonyl (C=O) groups is 1. The van der Waals surface area contributed by atoms with Crippen molar-refractivity contribution in [2.45, 2.75) is 40.2 Å². The average Bonchev–Trinajstić information content (AvgIpc) is 2.84. The van der Waals surface area contributed by atoms with Crippen LogP contribution in [0.2, 0.25) is 0 Å². The van der Waals surface area contributed by atoms with Crippen LogP contribution in [0, 0.1) is 20.8 Å². The molecule has 130 valence electrons. The van der Waals surface area contributed by atoms with E-state index in [2.05, 4.69) is 0 Å². The number of aromatic nitrogens is 2. The molecule has 2 aromatic heterocycles. The maximum atomic E-state index is 13.1. The van der Waals surface area contributed by atoms with Crippen molar-refractivity contribution in [3.8, 4) is 11.4 Å². The zero-order valence-electron chi connectivity index (χ0n) is 14.5. The second-order valence-corrected chi connectivity index (χ2v) is 7.43. The zero-order chi connectivity index (χ0) is 18.1. The number of rotatable bonds is 5. The van der Waals surface area contributed by atoms with Crippen molar-refractivity contribution in [1.82, 2.24) is 9.55 Å². The van der Waals surface area contributed by atoms with Crippen molar-refractivity contribution in [2.75, 3.05) is 0 Å². The third-order valence-corrected chi connectivity index (χ3v) is 5.44. The Labute approximate surface area is 149 Å². The lowest BCUT2D eigenvalue weighted by Gasteiger charge is -2.13. The Morgan fingerprint density at radius 3 is 2.72 bits per heavy atom. The molecule has 0 unspecified atom stereocenters. The molecule has 0 atom stereocenters. The summed E-state index contributed by atoms with van der Waals surface area (Å²) in [6.07, 6.45) is 0.419. The quantitative estimate of drug-likeness (QED) is 0.752. The maximum Gasteiger partial charge on any atom is 0.303 e. The standard InChI is InChI=1S/C19H20N2O3S/c1-11-6-4-7-14(10-11)17-20-18-16(12(2)13(3)25-18)19(24)21(17)9-5-8-15(22)23/h4,6-7,10H,5,8-9H2,1-3H3,(H,22,23). The molecule has 0 aliphatic carbocycles. The number of benzene rings is 1. The van der Waals surface area contributed by atoms with Gasteiger partial charge in [0.25, 0.3) is 5.56 Å². The molecule has 1 N–H and O–H groups in total. The fraction of sp³-hybridized carbons (Fsp3) is 0.316. The van der Waals surface area contributed by atoms with E-state index in [4.69, 9.17) is 10.1 Å². The van der Waals surface area contributed by atoms with Crippen molar-refractivity contribution in [2.24, 2.45) is 0 Å². The Bertz CT molecular complexity index is 1020.